The molecule has 0 radical (unpaired) electrons. The Morgan fingerprint density at radius 1 is 0.960 bits per heavy atom. The Balaban J connectivity index is 1.54. The maximum absolute atomic E-state index is 12.3. The lowest BCUT2D eigenvalue weighted by Gasteiger charge is -2.34. The number of nitrogens with zero attached hydrogens (tertiary/aromatic N) is 3. The average molecular weight is 344 g/mol. The second-order valence-corrected chi connectivity index (χ2v) is 7.27. The van der Waals surface area contributed by atoms with Gasteiger partial charge in [0.25, 0.3) is 0 Å². The molecule has 1 N–H and O–H groups in total. The van der Waals surface area contributed by atoms with Crippen LogP contribution in [0.2, 0.25) is 0 Å². The molecule has 0 atom stereocenters. The van der Waals surface area contributed by atoms with E-state index in [4.69, 9.17) is 0 Å². The maximum atomic E-state index is 12.3. The number of carbonyl (C=O) groups is 2. The van der Waals surface area contributed by atoms with E-state index in [0.29, 0.717) is 24.7 Å². The molecule has 0 aliphatic carbocycles. The Hall–Kier alpha value is -2.08. The maximum Gasteiger partial charge on any atom is 0.313 e. The molecular weight excluding hydrogens is 316 g/mol. The first-order valence-corrected chi connectivity index (χ1v) is 9.17. The van der Waals surface area contributed by atoms with Crippen molar-refractivity contribution in [3.63, 3.8) is 0 Å². The number of likely N-dealkylation sites (tertiary alicyclic amines) is 1. The molecule has 2 heterocycles. The second kappa shape index (κ2) is 7.87. The van der Waals surface area contributed by atoms with Crippen molar-refractivity contribution < 1.29 is 9.59 Å². The highest BCUT2D eigenvalue weighted by atomic mass is 16.2. The molecule has 0 aromatic heterocycles. The normalized spacial score (nSPS) is 19.8. The summed E-state index contributed by atoms with van der Waals surface area (Å²) in [5.74, 6) is -0.328. The summed E-state index contributed by atoms with van der Waals surface area (Å²) < 4.78 is 0. The molecule has 2 aliphatic heterocycles. The lowest BCUT2D eigenvalue weighted by atomic mass is 9.99. The van der Waals surface area contributed by atoms with Crippen molar-refractivity contribution in [2.75, 3.05) is 56.5 Å². The Morgan fingerprint density at radius 2 is 1.56 bits per heavy atom. The minimum absolute atomic E-state index is 0.421. The van der Waals surface area contributed by atoms with Crippen LogP contribution in [-0.2, 0) is 9.59 Å². The van der Waals surface area contributed by atoms with Gasteiger partial charge in [0.2, 0.25) is 0 Å². The van der Waals surface area contributed by atoms with E-state index < -0.39 is 11.8 Å². The van der Waals surface area contributed by atoms with E-state index in [-0.39, 0.29) is 0 Å². The number of piperazine rings is 1. The summed E-state index contributed by atoms with van der Waals surface area (Å²) in [6.07, 6.45) is 1.94. The van der Waals surface area contributed by atoms with Crippen LogP contribution >= 0.6 is 0 Å². The zero-order valence-corrected chi connectivity index (χ0v) is 15.2. The molecule has 2 aliphatic rings. The van der Waals surface area contributed by atoms with Gasteiger partial charge in [-0.05, 0) is 50.1 Å². The first kappa shape index (κ1) is 17.7. The fourth-order valence-electron chi connectivity index (χ4n) is 3.36. The molecular formula is C19H28N4O2. The van der Waals surface area contributed by atoms with Crippen molar-refractivity contribution in [1.29, 1.82) is 0 Å². The smallest absolute Gasteiger partial charge is 0.313 e. The molecule has 0 saturated carbocycles. The number of carbonyl (C=O) groups excluding carboxylic acids is 2. The molecule has 25 heavy (non-hydrogen) atoms. The van der Waals surface area contributed by atoms with Gasteiger partial charge in [-0.2, -0.15) is 0 Å². The van der Waals surface area contributed by atoms with Crippen molar-refractivity contribution in [3.05, 3.63) is 24.3 Å². The molecule has 0 bridgehead atoms. The monoisotopic (exact) mass is 344 g/mol. The first-order valence-electron chi connectivity index (χ1n) is 9.17. The Kier molecular flexibility index (Phi) is 5.58. The van der Waals surface area contributed by atoms with E-state index >= 15 is 0 Å². The molecule has 2 fully saturated rings. The molecule has 6 nitrogen and oxygen atoms in total. The van der Waals surface area contributed by atoms with Crippen molar-refractivity contribution >= 4 is 23.2 Å². The van der Waals surface area contributed by atoms with Gasteiger partial charge in [-0.15, -0.1) is 0 Å². The van der Waals surface area contributed by atoms with Gasteiger partial charge in [0.05, 0.1) is 0 Å². The van der Waals surface area contributed by atoms with Gasteiger partial charge in [0.15, 0.2) is 0 Å². The van der Waals surface area contributed by atoms with Crippen LogP contribution in [0, 0.1) is 5.92 Å². The third kappa shape index (κ3) is 4.51. The van der Waals surface area contributed by atoms with E-state index in [9.17, 15) is 9.59 Å². The van der Waals surface area contributed by atoms with Crippen LogP contribution in [0.15, 0.2) is 24.3 Å². The summed E-state index contributed by atoms with van der Waals surface area (Å²) >= 11 is 0. The Bertz CT molecular complexity index is 600. The number of hydrogen-bond acceptors (Lipinski definition) is 4. The zero-order chi connectivity index (χ0) is 17.8. The Labute approximate surface area is 149 Å². The molecule has 136 valence electrons. The summed E-state index contributed by atoms with van der Waals surface area (Å²) in [7, 11) is 2.13. The summed E-state index contributed by atoms with van der Waals surface area (Å²) in [5.41, 5.74) is 1.82. The number of piperidine rings is 1. The standard InChI is InChI=1S/C19H28N4O2/c1-15-7-9-23(10-8-15)19(25)18(24)20-16-3-5-17(6-4-16)22-13-11-21(2)12-14-22/h3-6,15H,7-14H2,1-2H3,(H,20,24). The lowest BCUT2D eigenvalue weighted by molar-refractivity contribution is -0.144. The molecule has 2 saturated heterocycles. The van der Waals surface area contributed by atoms with Crippen molar-refractivity contribution in [1.82, 2.24) is 9.80 Å². The predicted octanol–water partition coefficient (Wildman–Crippen LogP) is 1.64. The van der Waals surface area contributed by atoms with Gasteiger partial charge >= 0.3 is 11.8 Å². The molecule has 6 heteroatoms. The van der Waals surface area contributed by atoms with E-state index in [0.717, 1.165) is 44.7 Å². The molecule has 0 spiro atoms. The summed E-state index contributed by atoms with van der Waals surface area (Å²) in [5, 5.41) is 2.73. The summed E-state index contributed by atoms with van der Waals surface area (Å²) in [6, 6.07) is 7.76. The Morgan fingerprint density at radius 3 is 2.16 bits per heavy atom. The van der Waals surface area contributed by atoms with Gasteiger partial charge in [-0.25, -0.2) is 0 Å². The highest BCUT2D eigenvalue weighted by Crippen LogP contribution is 2.20. The van der Waals surface area contributed by atoms with Gasteiger partial charge in [-0.1, -0.05) is 6.92 Å². The largest absolute Gasteiger partial charge is 0.369 e. The first-order chi connectivity index (χ1) is 12.0. The van der Waals surface area contributed by atoms with E-state index in [1.807, 2.05) is 24.3 Å². The number of hydrogen-bond donors (Lipinski definition) is 1. The second-order valence-electron chi connectivity index (χ2n) is 7.27. The minimum atomic E-state index is -0.540. The number of nitrogens with one attached hydrogen (secondary N) is 1. The molecule has 1 aromatic carbocycles. The fourth-order valence-corrected chi connectivity index (χ4v) is 3.36. The molecule has 1 aromatic rings. The van der Waals surface area contributed by atoms with Crippen LogP contribution in [0.4, 0.5) is 11.4 Å². The van der Waals surface area contributed by atoms with Gasteiger partial charge < -0.3 is 20.0 Å². The highest BCUT2D eigenvalue weighted by molar-refractivity contribution is 6.39. The number of amides is 2. The van der Waals surface area contributed by atoms with Crippen molar-refractivity contribution in [2.45, 2.75) is 19.8 Å². The van der Waals surface area contributed by atoms with E-state index in [1.165, 1.54) is 0 Å². The quantitative estimate of drug-likeness (QED) is 0.829. The summed E-state index contributed by atoms with van der Waals surface area (Å²) in [4.78, 5) is 30.8. The van der Waals surface area contributed by atoms with Crippen molar-refractivity contribution in [3.8, 4) is 0 Å². The SMILES string of the molecule is CC1CCN(C(=O)C(=O)Nc2ccc(N3CCN(C)CC3)cc2)CC1. The zero-order valence-electron chi connectivity index (χ0n) is 15.2. The highest BCUT2D eigenvalue weighted by Gasteiger charge is 2.25. The third-order valence-electron chi connectivity index (χ3n) is 5.26. The molecule has 2 amide bonds. The van der Waals surface area contributed by atoms with Gasteiger partial charge in [-0.3, -0.25) is 9.59 Å². The van der Waals surface area contributed by atoms with E-state index in [2.05, 4.69) is 29.1 Å². The minimum Gasteiger partial charge on any atom is -0.369 e. The van der Waals surface area contributed by atoms with Crippen LogP contribution < -0.4 is 10.2 Å². The summed E-state index contributed by atoms with van der Waals surface area (Å²) in [6.45, 7) is 7.67. The van der Waals surface area contributed by atoms with Crippen LogP contribution in [0.5, 0.6) is 0 Å². The number of anilines is 2. The molecule has 3 rings (SSSR count). The van der Waals surface area contributed by atoms with E-state index in [1.54, 1.807) is 4.90 Å². The topological polar surface area (TPSA) is 55.9 Å². The van der Waals surface area contributed by atoms with Crippen LogP contribution in [0.25, 0.3) is 0 Å². The van der Waals surface area contributed by atoms with Crippen molar-refractivity contribution in [2.24, 2.45) is 5.92 Å². The fraction of sp³-hybridized carbons (Fsp3) is 0.579. The number of rotatable bonds is 2. The van der Waals surface area contributed by atoms with Crippen LogP contribution in [-0.4, -0.2) is 67.9 Å². The number of benzene rings is 1. The average Bonchev–Trinajstić information content (AvgIpc) is 2.63. The number of likely N-dealkylation sites (N-methyl/N-ethyl adjacent to an activating group) is 1. The van der Waals surface area contributed by atoms with Crippen LogP contribution in [0.3, 0.4) is 0 Å². The molecule has 0 unspecified atom stereocenters. The predicted molar refractivity (Wildman–Crippen MR) is 99.8 cm³/mol. The third-order valence-corrected chi connectivity index (χ3v) is 5.26. The van der Waals surface area contributed by atoms with Gasteiger partial charge in [0.1, 0.15) is 0 Å². The van der Waals surface area contributed by atoms with Crippen LogP contribution in [0.1, 0.15) is 19.8 Å². The van der Waals surface area contributed by atoms with Gasteiger partial charge in [0, 0.05) is 50.6 Å². The lowest BCUT2D eigenvalue weighted by Crippen LogP contribution is -2.44.